The summed E-state index contributed by atoms with van der Waals surface area (Å²) in [6, 6.07) is 9.56. The second kappa shape index (κ2) is 5.82. The number of carboxylic acids is 1. The molecule has 0 amide bonds. The van der Waals surface area contributed by atoms with Crippen LogP contribution in [0.3, 0.4) is 0 Å². The molecule has 0 fully saturated rings. The Hall–Kier alpha value is -2.36. The fourth-order valence-corrected chi connectivity index (χ4v) is 1.86. The van der Waals surface area contributed by atoms with Crippen LogP contribution >= 0.6 is 0 Å². The van der Waals surface area contributed by atoms with Gasteiger partial charge in [-0.05, 0) is 17.7 Å². The molecule has 0 aliphatic carbocycles. The van der Waals surface area contributed by atoms with Crippen molar-refractivity contribution in [2.75, 3.05) is 0 Å². The minimum atomic E-state index is -0.832. The van der Waals surface area contributed by atoms with Crippen LogP contribution in [0.15, 0.2) is 59.4 Å². The number of benzene rings is 1. The maximum absolute atomic E-state index is 11.0. The van der Waals surface area contributed by atoms with Crippen molar-refractivity contribution in [2.24, 2.45) is 4.99 Å². The van der Waals surface area contributed by atoms with Gasteiger partial charge >= 0.3 is 5.97 Å². The highest BCUT2D eigenvalue weighted by Crippen LogP contribution is 2.29. The third kappa shape index (κ3) is 3.07. The number of nitrogens with zero attached hydrogens (tertiary/aromatic N) is 1. The number of hydrogen-bond donors (Lipinski definition) is 2. The number of carbonyl (C=O) groups is 1. The number of nitrogens with one attached hydrogen (secondary N) is 1. The standard InChI is InChI=1S/C14H14N2O2/c17-14(18)9-12(11-5-2-1-3-6-11)13-7-4-8-15-10-16-13/h1-8,10,12H,9H2,(H,15,16)(H,17,18). The molecule has 0 spiro atoms. The van der Waals surface area contributed by atoms with Gasteiger partial charge in [-0.25, -0.2) is 4.99 Å². The zero-order valence-electron chi connectivity index (χ0n) is 9.78. The lowest BCUT2D eigenvalue weighted by atomic mass is 9.92. The van der Waals surface area contributed by atoms with Crippen molar-refractivity contribution in [3.63, 3.8) is 0 Å². The molecular formula is C14H14N2O2. The fourth-order valence-electron chi connectivity index (χ4n) is 1.86. The van der Waals surface area contributed by atoms with E-state index in [2.05, 4.69) is 10.3 Å². The summed E-state index contributed by atoms with van der Waals surface area (Å²) in [6.07, 6.45) is 6.99. The Morgan fingerprint density at radius 1 is 1.33 bits per heavy atom. The first-order valence-electron chi connectivity index (χ1n) is 5.69. The van der Waals surface area contributed by atoms with Crippen LogP contribution < -0.4 is 5.32 Å². The Bertz CT molecular complexity index is 504. The third-order valence-electron chi connectivity index (χ3n) is 2.69. The average molecular weight is 242 g/mol. The van der Waals surface area contributed by atoms with Crippen molar-refractivity contribution in [1.29, 1.82) is 0 Å². The fraction of sp³-hybridized carbons (Fsp3) is 0.143. The highest BCUT2D eigenvalue weighted by molar-refractivity contribution is 5.69. The van der Waals surface area contributed by atoms with Gasteiger partial charge in [0.05, 0.1) is 18.5 Å². The first-order chi connectivity index (χ1) is 8.77. The molecule has 1 atom stereocenters. The minimum absolute atomic E-state index is 0.0288. The normalized spacial score (nSPS) is 15.4. The van der Waals surface area contributed by atoms with Crippen LogP contribution in [0, 0.1) is 0 Å². The smallest absolute Gasteiger partial charge is 0.304 e. The molecule has 2 N–H and O–H groups in total. The Labute approximate surface area is 105 Å². The van der Waals surface area contributed by atoms with Gasteiger partial charge in [0.25, 0.3) is 0 Å². The van der Waals surface area contributed by atoms with Crippen molar-refractivity contribution in [2.45, 2.75) is 12.3 Å². The Morgan fingerprint density at radius 2 is 2.11 bits per heavy atom. The molecule has 1 aliphatic rings. The molecule has 1 unspecified atom stereocenters. The SMILES string of the molecule is O=C(O)CC(C1=CC=CNC=N1)c1ccccc1. The molecule has 0 aromatic heterocycles. The second-order valence-electron chi connectivity index (χ2n) is 3.94. The molecule has 92 valence electrons. The maximum atomic E-state index is 11.0. The number of carboxylic acid groups (broad SMARTS) is 1. The van der Waals surface area contributed by atoms with E-state index in [1.54, 1.807) is 12.5 Å². The molecule has 4 nitrogen and oxygen atoms in total. The van der Waals surface area contributed by atoms with E-state index < -0.39 is 5.97 Å². The summed E-state index contributed by atoms with van der Waals surface area (Å²) in [6.45, 7) is 0. The van der Waals surface area contributed by atoms with Crippen molar-refractivity contribution in [1.82, 2.24) is 5.32 Å². The van der Waals surface area contributed by atoms with Gasteiger partial charge in [-0.2, -0.15) is 0 Å². The van der Waals surface area contributed by atoms with Crippen LogP contribution in [0.25, 0.3) is 0 Å². The lowest BCUT2D eigenvalue weighted by Gasteiger charge is -2.15. The van der Waals surface area contributed by atoms with Crippen molar-refractivity contribution in [3.8, 4) is 0 Å². The molecular weight excluding hydrogens is 228 g/mol. The zero-order valence-corrected chi connectivity index (χ0v) is 9.78. The summed E-state index contributed by atoms with van der Waals surface area (Å²) >= 11 is 0. The van der Waals surface area contributed by atoms with Crippen molar-refractivity contribution < 1.29 is 9.90 Å². The largest absolute Gasteiger partial charge is 0.481 e. The summed E-state index contributed by atoms with van der Waals surface area (Å²) in [5, 5.41) is 11.9. The first kappa shape index (κ1) is 12.1. The highest BCUT2D eigenvalue weighted by Gasteiger charge is 2.19. The van der Waals surface area contributed by atoms with E-state index in [0.29, 0.717) is 0 Å². The predicted molar refractivity (Wildman–Crippen MR) is 70.3 cm³/mol. The quantitative estimate of drug-likeness (QED) is 0.851. The van der Waals surface area contributed by atoms with Crippen molar-refractivity contribution >= 4 is 12.3 Å². The summed E-state index contributed by atoms with van der Waals surface area (Å²) in [5.41, 5.74) is 1.70. The molecule has 2 rings (SSSR count). The topological polar surface area (TPSA) is 61.7 Å². The predicted octanol–water partition coefficient (Wildman–Crippen LogP) is 2.27. The van der Waals surface area contributed by atoms with Crippen LogP contribution in [0.4, 0.5) is 0 Å². The maximum Gasteiger partial charge on any atom is 0.304 e. The summed E-state index contributed by atoms with van der Waals surface area (Å²) in [5.74, 6) is -1.06. The van der Waals surface area contributed by atoms with E-state index in [-0.39, 0.29) is 12.3 Å². The van der Waals surface area contributed by atoms with Gasteiger partial charge in [0.15, 0.2) is 0 Å². The van der Waals surface area contributed by atoms with Crippen LogP contribution in [-0.2, 0) is 4.79 Å². The van der Waals surface area contributed by atoms with Gasteiger partial charge in [-0.1, -0.05) is 30.3 Å². The molecule has 4 heteroatoms. The molecule has 1 aromatic rings. The van der Waals surface area contributed by atoms with Gasteiger partial charge in [-0.15, -0.1) is 0 Å². The molecule has 0 saturated carbocycles. The second-order valence-corrected chi connectivity index (χ2v) is 3.94. The van der Waals surface area contributed by atoms with Crippen LogP contribution in [0.2, 0.25) is 0 Å². The average Bonchev–Trinajstić information content (AvgIpc) is 2.65. The molecule has 18 heavy (non-hydrogen) atoms. The van der Waals surface area contributed by atoms with Crippen LogP contribution in [0.5, 0.6) is 0 Å². The molecule has 0 radical (unpaired) electrons. The van der Waals surface area contributed by atoms with Gasteiger partial charge in [-0.3, -0.25) is 4.79 Å². The van der Waals surface area contributed by atoms with Crippen LogP contribution in [0.1, 0.15) is 17.9 Å². The van der Waals surface area contributed by atoms with Gasteiger partial charge in [0.2, 0.25) is 0 Å². The molecule has 0 bridgehead atoms. The van der Waals surface area contributed by atoms with Crippen molar-refractivity contribution in [3.05, 3.63) is 59.9 Å². The van der Waals surface area contributed by atoms with E-state index >= 15 is 0 Å². The Morgan fingerprint density at radius 3 is 2.83 bits per heavy atom. The minimum Gasteiger partial charge on any atom is -0.481 e. The molecule has 1 heterocycles. The van der Waals surface area contributed by atoms with Crippen LogP contribution in [-0.4, -0.2) is 17.4 Å². The highest BCUT2D eigenvalue weighted by atomic mass is 16.4. The lowest BCUT2D eigenvalue weighted by Crippen LogP contribution is -2.09. The van der Waals surface area contributed by atoms with E-state index in [9.17, 15) is 4.79 Å². The summed E-state index contributed by atoms with van der Waals surface area (Å²) < 4.78 is 0. The summed E-state index contributed by atoms with van der Waals surface area (Å²) in [7, 11) is 0. The number of aliphatic imine (C=N–C) groups is 1. The monoisotopic (exact) mass is 242 g/mol. The number of hydrogen-bond acceptors (Lipinski definition) is 3. The van der Waals surface area contributed by atoms with E-state index in [0.717, 1.165) is 11.3 Å². The molecule has 0 saturated heterocycles. The number of allylic oxidation sites excluding steroid dienone is 3. The van der Waals surface area contributed by atoms with Gasteiger partial charge < -0.3 is 10.4 Å². The third-order valence-corrected chi connectivity index (χ3v) is 2.69. The number of aliphatic carboxylic acids is 1. The van der Waals surface area contributed by atoms with E-state index in [1.807, 2.05) is 42.5 Å². The Balaban J connectivity index is 2.33. The molecule has 1 aromatic carbocycles. The number of rotatable bonds is 4. The summed E-state index contributed by atoms with van der Waals surface area (Å²) in [4.78, 5) is 15.3. The van der Waals surface area contributed by atoms with E-state index in [1.165, 1.54) is 0 Å². The molecule has 1 aliphatic heterocycles. The van der Waals surface area contributed by atoms with Gasteiger partial charge in [0.1, 0.15) is 0 Å². The first-order valence-corrected chi connectivity index (χ1v) is 5.69. The Kier molecular flexibility index (Phi) is 3.91. The van der Waals surface area contributed by atoms with Gasteiger partial charge in [0, 0.05) is 12.1 Å². The lowest BCUT2D eigenvalue weighted by molar-refractivity contribution is -0.137. The van der Waals surface area contributed by atoms with E-state index in [4.69, 9.17) is 5.11 Å². The zero-order chi connectivity index (χ0) is 12.8.